The van der Waals surface area contributed by atoms with Gasteiger partial charge in [0, 0.05) is 25.7 Å². The number of nitrogens with zero attached hydrogens (tertiary/aromatic N) is 1. The molecule has 0 spiro atoms. The van der Waals surface area contributed by atoms with Gasteiger partial charge in [-0.05, 0) is 151 Å². The standard InChI is InChI=1S/C43H75N3O6/c1-29(2)14-13-15-30(3)34-19-20-35-33-18-17-31-28-32(21-23-42(31,7)36(33)22-24-43(34,35)8)46(40(50)51)37(38(48)44-25-11-12-27-47)16-9-10-26-45-39(49)52-41(4,5)6/h17,29-30,32-37,47H,9-16,18-28H2,1-8H3,(H,44,48)(H,45,49)(H,50,51)/t30?,32-,33-,34+,35-,36-,37?,42-,43+/m0/s1. The molecule has 0 radical (unpaired) electrons. The van der Waals surface area contributed by atoms with E-state index in [1.54, 1.807) is 0 Å². The first-order chi connectivity index (χ1) is 24.5. The molecule has 0 heterocycles. The van der Waals surface area contributed by atoms with Crippen molar-refractivity contribution < 1.29 is 29.3 Å². The van der Waals surface area contributed by atoms with E-state index in [9.17, 15) is 24.6 Å². The Balaban J connectivity index is 1.44. The van der Waals surface area contributed by atoms with Crippen molar-refractivity contribution in [2.24, 2.45) is 46.3 Å². The second kappa shape index (κ2) is 18.4. The van der Waals surface area contributed by atoms with E-state index in [0.29, 0.717) is 68.9 Å². The molecule has 9 atom stereocenters. The lowest BCUT2D eigenvalue weighted by molar-refractivity contribution is -0.127. The maximum absolute atomic E-state index is 13.7. The summed E-state index contributed by atoms with van der Waals surface area (Å²) in [5, 5.41) is 25.7. The van der Waals surface area contributed by atoms with Gasteiger partial charge in [-0.1, -0.05) is 65.5 Å². The molecule has 2 unspecified atom stereocenters. The minimum absolute atomic E-state index is 0.0567. The summed E-state index contributed by atoms with van der Waals surface area (Å²) in [7, 11) is 0. The molecular weight excluding hydrogens is 654 g/mol. The molecule has 0 aromatic rings. The molecule has 4 aliphatic carbocycles. The molecular formula is C43H75N3O6. The molecule has 3 amide bonds. The summed E-state index contributed by atoms with van der Waals surface area (Å²) in [6.07, 6.45) is 16.6. The van der Waals surface area contributed by atoms with Crippen LogP contribution < -0.4 is 10.6 Å². The van der Waals surface area contributed by atoms with E-state index in [1.165, 1.54) is 55.4 Å². The third-order valence-electron chi connectivity index (χ3n) is 14.0. The van der Waals surface area contributed by atoms with E-state index >= 15 is 0 Å². The molecule has 3 fully saturated rings. The first-order valence-electron chi connectivity index (χ1n) is 21.1. The maximum atomic E-state index is 13.7. The van der Waals surface area contributed by atoms with E-state index in [-0.39, 0.29) is 24.0 Å². The maximum Gasteiger partial charge on any atom is 0.408 e. The zero-order valence-corrected chi connectivity index (χ0v) is 34.1. The molecule has 4 aliphatic rings. The number of amides is 3. The summed E-state index contributed by atoms with van der Waals surface area (Å²) in [5.74, 6) is 4.24. The Kier molecular flexibility index (Phi) is 15.0. The lowest BCUT2D eigenvalue weighted by atomic mass is 9.46. The lowest BCUT2D eigenvalue weighted by Crippen LogP contribution is -2.57. The summed E-state index contributed by atoms with van der Waals surface area (Å²) in [6.45, 7) is 18.6. The Hall–Kier alpha value is -2.29. The molecule has 52 heavy (non-hydrogen) atoms. The Bertz CT molecular complexity index is 1230. The van der Waals surface area contributed by atoms with Crippen LogP contribution in [0, 0.1) is 46.3 Å². The first-order valence-corrected chi connectivity index (χ1v) is 21.1. The highest BCUT2D eigenvalue weighted by molar-refractivity contribution is 5.85. The number of aliphatic hydroxyl groups excluding tert-OH is 1. The number of carboxylic acid groups (broad SMARTS) is 1. The summed E-state index contributed by atoms with van der Waals surface area (Å²) in [4.78, 5) is 40.3. The first kappa shape index (κ1) is 42.5. The van der Waals surface area contributed by atoms with Crippen LogP contribution >= 0.6 is 0 Å². The topological polar surface area (TPSA) is 128 Å². The predicted molar refractivity (Wildman–Crippen MR) is 208 cm³/mol. The number of nitrogens with one attached hydrogen (secondary N) is 2. The molecule has 0 aromatic carbocycles. The molecule has 0 bridgehead atoms. The average Bonchev–Trinajstić information content (AvgIpc) is 3.42. The van der Waals surface area contributed by atoms with Gasteiger partial charge in [0.2, 0.25) is 5.91 Å². The Morgan fingerprint density at radius 3 is 2.29 bits per heavy atom. The fraction of sp³-hybridized carbons (Fsp3) is 0.884. The van der Waals surface area contributed by atoms with Gasteiger partial charge in [0.15, 0.2) is 0 Å². The fourth-order valence-electron chi connectivity index (χ4n) is 11.4. The number of hydrogen-bond acceptors (Lipinski definition) is 5. The zero-order chi connectivity index (χ0) is 38.3. The largest absolute Gasteiger partial charge is 0.465 e. The third kappa shape index (κ3) is 10.3. The molecule has 0 aliphatic heterocycles. The molecule has 0 aromatic heterocycles. The van der Waals surface area contributed by atoms with E-state index in [4.69, 9.17) is 4.74 Å². The molecule has 4 N–H and O–H groups in total. The van der Waals surface area contributed by atoms with E-state index in [2.05, 4.69) is 51.3 Å². The third-order valence-corrected chi connectivity index (χ3v) is 14.0. The number of aliphatic hydroxyl groups is 1. The quantitative estimate of drug-likeness (QED) is 0.0873. The van der Waals surface area contributed by atoms with Crippen LogP contribution in [0.4, 0.5) is 9.59 Å². The fourth-order valence-corrected chi connectivity index (χ4v) is 11.4. The van der Waals surface area contributed by atoms with Gasteiger partial charge in [0.25, 0.3) is 0 Å². The van der Waals surface area contributed by atoms with Crippen LogP contribution in [0.1, 0.15) is 158 Å². The lowest BCUT2D eigenvalue weighted by Gasteiger charge is -2.59. The number of carbonyl (C=O) groups excluding carboxylic acids is 2. The van der Waals surface area contributed by atoms with Crippen LogP contribution in [-0.2, 0) is 9.53 Å². The van der Waals surface area contributed by atoms with Gasteiger partial charge in [-0.3, -0.25) is 9.69 Å². The van der Waals surface area contributed by atoms with Crippen LogP contribution in [0.15, 0.2) is 11.6 Å². The second-order valence-electron chi connectivity index (χ2n) is 19.0. The van der Waals surface area contributed by atoms with Gasteiger partial charge in [0.1, 0.15) is 11.6 Å². The smallest absolute Gasteiger partial charge is 0.408 e. The van der Waals surface area contributed by atoms with E-state index in [1.807, 2.05) is 20.8 Å². The number of alkyl carbamates (subject to hydrolysis) is 1. The SMILES string of the molecule is CC(C)CCCC(C)[C@H]1CC[C@H]2[C@@H]3CC=C4C[C@@H](N(C(=O)O)C(CCCCNC(=O)OC(C)(C)C)C(=O)NCCCCO)CC[C@]4(C)[C@H]3CC[C@]12C. The number of hydrogen-bond donors (Lipinski definition) is 4. The van der Waals surface area contributed by atoms with Crippen LogP contribution in [0.5, 0.6) is 0 Å². The number of carbonyl (C=O) groups is 3. The Morgan fingerprint density at radius 1 is 0.904 bits per heavy atom. The van der Waals surface area contributed by atoms with Gasteiger partial charge in [-0.2, -0.15) is 0 Å². The average molecular weight is 730 g/mol. The van der Waals surface area contributed by atoms with Crippen molar-refractivity contribution in [2.45, 2.75) is 176 Å². The summed E-state index contributed by atoms with van der Waals surface area (Å²) in [5.41, 5.74) is 1.34. The van der Waals surface area contributed by atoms with Gasteiger partial charge >= 0.3 is 12.2 Å². The molecule has 0 saturated heterocycles. The predicted octanol–water partition coefficient (Wildman–Crippen LogP) is 9.33. The highest BCUT2D eigenvalue weighted by atomic mass is 16.6. The number of fused-ring (bicyclic) bond motifs is 5. The van der Waals surface area contributed by atoms with Gasteiger partial charge in [-0.25, -0.2) is 9.59 Å². The summed E-state index contributed by atoms with van der Waals surface area (Å²) < 4.78 is 5.34. The van der Waals surface area contributed by atoms with Crippen molar-refractivity contribution in [1.82, 2.24) is 15.5 Å². The monoisotopic (exact) mass is 730 g/mol. The van der Waals surface area contributed by atoms with Gasteiger partial charge in [0.05, 0.1) is 0 Å². The minimum Gasteiger partial charge on any atom is -0.465 e. The van der Waals surface area contributed by atoms with Crippen LogP contribution in [0.2, 0.25) is 0 Å². The van der Waals surface area contributed by atoms with Crippen molar-refractivity contribution in [3.63, 3.8) is 0 Å². The Morgan fingerprint density at radius 2 is 1.62 bits per heavy atom. The molecule has 4 rings (SSSR count). The number of unbranched alkanes of at least 4 members (excludes halogenated alkanes) is 2. The highest BCUT2D eigenvalue weighted by Gasteiger charge is 2.59. The van der Waals surface area contributed by atoms with Crippen molar-refractivity contribution in [1.29, 1.82) is 0 Å². The zero-order valence-electron chi connectivity index (χ0n) is 34.1. The van der Waals surface area contributed by atoms with E-state index in [0.717, 1.165) is 42.9 Å². The van der Waals surface area contributed by atoms with Crippen molar-refractivity contribution >= 4 is 18.1 Å². The number of allylic oxidation sites excluding steroid dienone is 1. The molecule has 298 valence electrons. The van der Waals surface area contributed by atoms with E-state index < -0.39 is 23.8 Å². The molecule has 9 heteroatoms. The van der Waals surface area contributed by atoms with Gasteiger partial charge < -0.3 is 25.6 Å². The van der Waals surface area contributed by atoms with Crippen LogP contribution in [-0.4, -0.2) is 70.6 Å². The van der Waals surface area contributed by atoms with Crippen LogP contribution in [0.3, 0.4) is 0 Å². The minimum atomic E-state index is -1.04. The van der Waals surface area contributed by atoms with Crippen LogP contribution in [0.25, 0.3) is 0 Å². The van der Waals surface area contributed by atoms with Gasteiger partial charge in [-0.15, -0.1) is 0 Å². The normalized spacial score (nSPS) is 31.0. The number of ether oxygens (including phenoxy) is 1. The van der Waals surface area contributed by atoms with Crippen molar-refractivity contribution in [3.05, 3.63) is 11.6 Å². The van der Waals surface area contributed by atoms with Crippen molar-refractivity contribution in [2.75, 3.05) is 19.7 Å². The molecule has 3 saturated carbocycles. The van der Waals surface area contributed by atoms with Crippen molar-refractivity contribution in [3.8, 4) is 0 Å². The summed E-state index contributed by atoms with van der Waals surface area (Å²) >= 11 is 0. The number of rotatable bonds is 17. The second-order valence-corrected chi connectivity index (χ2v) is 19.0. The molecule has 9 nitrogen and oxygen atoms in total. The Labute approximate surface area is 315 Å². The summed E-state index contributed by atoms with van der Waals surface area (Å²) in [6, 6.07) is -1.06. The highest BCUT2D eigenvalue weighted by Crippen LogP contribution is 2.67.